The summed E-state index contributed by atoms with van der Waals surface area (Å²) in [7, 11) is 0. The van der Waals surface area contributed by atoms with Gasteiger partial charge in [-0.15, -0.1) is 0 Å². The van der Waals surface area contributed by atoms with Crippen molar-refractivity contribution in [2.75, 3.05) is 6.54 Å². The molecule has 0 aliphatic rings. The number of nitrogens with one attached hydrogen (secondary N) is 2. The fourth-order valence-electron chi connectivity index (χ4n) is 2.99. The molecule has 0 aliphatic heterocycles. The Morgan fingerprint density at radius 1 is 1.30 bits per heavy atom. The van der Waals surface area contributed by atoms with Gasteiger partial charge in [0.25, 0.3) is 5.91 Å². The highest BCUT2D eigenvalue weighted by molar-refractivity contribution is 6.36. The molecule has 2 N–H and O–H groups in total. The minimum Gasteiger partial charge on any atom is -0.350 e. The quantitative estimate of drug-likeness (QED) is 0.539. The van der Waals surface area contributed by atoms with Crippen LogP contribution < -0.4 is 5.32 Å². The van der Waals surface area contributed by atoms with Gasteiger partial charge in [-0.3, -0.25) is 9.20 Å². The van der Waals surface area contributed by atoms with E-state index in [-0.39, 0.29) is 11.7 Å². The third-order valence-corrected chi connectivity index (χ3v) is 4.66. The van der Waals surface area contributed by atoms with Gasteiger partial charge in [0.1, 0.15) is 17.3 Å². The SMILES string of the molecule is Cc1nc2c(Cl)cc(Cl)cn2c1C(=O)NCCc1nc2ccc(F)cc2[nH]1. The molecule has 27 heavy (non-hydrogen) atoms. The van der Waals surface area contributed by atoms with Crippen molar-refractivity contribution in [3.8, 4) is 0 Å². The molecular weight excluding hydrogens is 392 g/mol. The van der Waals surface area contributed by atoms with Crippen LogP contribution >= 0.6 is 23.2 Å². The summed E-state index contributed by atoms with van der Waals surface area (Å²) in [6.07, 6.45) is 2.07. The van der Waals surface area contributed by atoms with Crippen LogP contribution in [0.15, 0.2) is 30.5 Å². The molecule has 0 atom stereocenters. The van der Waals surface area contributed by atoms with Gasteiger partial charge in [-0.2, -0.15) is 0 Å². The van der Waals surface area contributed by atoms with Crippen molar-refractivity contribution in [3.05, 3.63) is 63.5 Å². The van der Waals surface area contributed by atoms with Crippen molar-refractivity contribution in [2.24, 2.45) is 0 Å². The molecule has 1 aromatic carbocycles. The van der Waals surface area contributed by atoms with E-state index in [0.29, 0.717) is 56.9 Å². The maximum atomic E-state index is 13.3. The van der Waals surface area contributed by atoms with Gasteiger partial charge in [0.15, 0.2) is 5.65 Å². The highest BCUT2D eigenvalue weighted by Crippen LogP contribution is 2.24. The van der Waals surface area contributed by atoms with Gasteiger partial charge >= 0.3 is 0 Å². The number of pyridine rings is 1. The highest BCUT2D eigenvalue weighted by atomic mass is 35.5. The molecule has 6 nitrogen and oxygen atoms in total. The van der Waals surface area contributed by atoms with Crippen molar-refractivity contribution in [2.45, 2.75) is 13.3 Å². The number of carbonyl (C=O) groups excluding carboxylic acids is 1. The molecule has 4 rings (SSSR count). The van der Waals surface area contributed by atoms with Crippen molar-refractivity contribution in [1.29, 1.82) is 0 Å². The van der Waals surface area contributed by atoms with E-state index in [1.807, 2.05) is 0 Å². The first kappa shape index (κ1) is 17.8. The minimum atomic E-state index is -0.327. The van der Waals surface area contributed by atoms with Gasteiger partial charge in [-0.1, -0.05) is 23.2 Å². The zero-order valence-corrected chi connectivity index (χ0v) is 15.7. The van der Waals surface area contributed by atoms with Gasteiger partial charge in [0.2, 0.25) is 0 Å². The standard InChI is InChI=1S/C18H14Cl2FN5O/c1-9-16(26-8-10(19)6-12(20)17(26)23-9)18(27)22-5-4-15-24-13-3-2-11(21)7-14(13)25-15/h2-3,6-8H,4-5H2,1H3,(H,22,27)(H,24,25). The van der Waals surface area contributed by atoms with Crippen molar-refractivity contribution >= 4 is 45.8 Å². The molecule has 0 radical (unpaired) electrons. The molecule has 4 aromatic rings. The van der Waals surface area contributed by atoms with E-state index in [1.165, 1.54) is 12.1 Å². The van der Waals surface area contributed by atoms with Crippen molar-refractivity contribution in [1.82, 2.24) is 24.7 Å². The average molecular weight is 406 g/mol. The lowest BCUT2D eigenvalue weighted by Crippen LogP contribution is -2.27. The van der Waals surface area contributed by atoms with Gasteiger partial charge in [0, 0.05) is 19.2 Å². The fraction of sp³-hybridized carbons (Fsp3) is 0.167. The van der Waals surface area contributed by atoms with E-state index in [9.17, 15) is 9.18 Å². The predicted molar refractivity (Wildman–Crippen MR) is 102 cm³/mol. The summed E-state index contributed by atoms with van der Waals surface area (Å²) in [4.78, 5) is 24.4. The summed E-state index contributed by atoms with van der Waals surface area (Å²) in [5.74, 6) is 0.0451. The monoisotopic (exact) mass is 405 g/mol. The van der Waals surface area contributed by atoms with Crippen LogP contribution in [0.2, 0.25) is 10.0 Å². The van der Waals surface area contributed by atoms with Crippen LogP contribution in [0.25, 0.3) is 16.7 Å². The molecule has 0 aliphatic carbocycles. The lowest BCUT2D eigenvalue weighted by Gasteiger charge is -2.06. The third kappa shape index (κ3) is 3.36. The normalized spacial score (nSPS) is 11.4. The van der Waals surface area contributed by atoms with Gasteiger partial charge < -0.3 is 10.3 Å². The van der Waals surface area contributed by atoms with Gasteiger partial charge in [-0.05, 0) is 31.2 Å². The molecule has 3 heterocycles. The molecule has 9 heteroatoms. The lowest BCUT2D eigenvalue weighted by atomic mass is 10.3. The van der Waals surface area contributed by atoms with Crippen LogP contribution in [0.4, 0.5) is 4.39 Å². The van der Waals surface area contributed by atoms with E-state index in [4.69, 9.17) is 23.2 Å². The van der Waals surface area contributed by atoms with Crippen LogP contribution in [-0.2, 0) is 6.42 Å². The fourth-order valence-corrected chi connectivity index (χ4v) is 3.50. The first-order valence-electron chi connectivity index (χ1n) is 8.18. The number of amides is 1. The van der Waals surface area contributed by atoms with Crippen molar-refractivity contribution < 1.29 is 9.18 Å². The van der Waals surface area contributed by atoms with E-state index in [1.54, 1.807) is 29.7 Å². The number of hydrogen-bond acceptors (Lipinski definition) is 3. The number of benzene rings is 1. The maximum absolute atomic E-state index is 13.3. The number of carbonyl (C=O) groups is 1. The van der Waals surface area contributed by atoms with E-state index in [0.717, 1.165) is 0 Å². The van der Waals surface area contributed by atoms with Crippen LogP contribution in [0, 0.1) is 12.7 Å². The molecule has 3 aromatic heterocycles. The second-order valence-electron chi connectivity index (χ2n) is 6.10. The zero-order chi connectivity index (χ0) is 19.1. The Morgan fingerprint density at radius 2 is 2.11 bits per heavy atom. The first-order chi connectivity index (χ1) is 12.9. The molecule has 0 bridgehead atoms. The lowest BCUT2D eigenvalue weighted by molar-refractivity contribution is 0.0947. The summed E-state index contributed by atoms with van der Waals surface area (Å²) >= 11 is 12.2. The van der Waals surface area contributed by atoms with E-state index >= 15 is 0 Å². The molecule has 0 spiro atoms. The second kappa shape index (κ2) is 6.83. The van der Waals surface area contributed by atoms with Gasteiger partial charge in [0.05, 0.1) is 26.8 Å². The minimum absolute atomic E-state index is 0.291. The molecule has 0 saturated heterocycles. The third-order valence-electron chi connectivity index (χ3n) is 4.17. The highest BCUT2D eigenvalue weighted by Gasteiger charge is 2.18. The summed E-state index contributed by atoms with van der Waals surface area (Å²) < 4.78 is 14.8. The largest absolute Gasteiger partial charge is 0.350 e. The Balaban J connectivity index is 1.51. The van der Waals surface area contributed by atoms with Crippen LogP contribution in [-0.4, -0.2) is 31.8 Å². The summed E-state index contributed by atoms with van der Waals surface area (Å²) in [6.45, 7) is 2.09. The second-order valence-corrected chi connectivity index (χ2v) is 6.94. The Bertz CT molecular complexity index is 1180. The molecule has 138 valence electrons. The number of aromatic amines is 1. The van der Waals surface area contributed by atoms with Gasteiger partial charge in [-0.25, -0.2) is 14.4 Å². The Morgan fingerprint density at radius 3 is 2.93 bits per heavy atom. The van der Waals surface area contributed by atoms with Crippen LogP contribution in [0.3, 0.4) is 0 Å². The number of hydrogen-bond donors (Lipinski definition) is 2. The predicted octanol–water partition coefficient (Wildman–Crippen LogP) is 3.94. The number of H-pyrrole nitrogens is 1. The molecule has 0 fully saturated rings. The Hall–Kier alpha value is -2.64. The average Bonchev–Trinajstić information content (AvgIpc) is 3.14. The van der Waals surface area contributed by atoms with Crippen molar-refractivity contribution in [3.63, 3.8) is 0 Å². The van der Waals surface area contributed by atoms with E-state index < -0.39 is 0 Å². The summed E-state index contributed by atoms with van der Waals surface area (Å²) in [6, 6.07) is 5.94. The number of nitrogens with zero attached hydrogens (tertiary/aromatic N) is 3. The smallest absolute Gasteiger partial charge is 0.270 e. The van der Waals surface area contributed by atoms with Crippen LogP contribution in [0.1, 0.15) is 22.0 Å². The number of halogens is 3. The molecular formula is C18H14Cl2FN5O. The summed E-state index contributed by atoms with van der Waals surface area (Å²) in [5, 5.41) is 3.63. The number of rotatable bonds is 4. The molecule has 0 saturated carbocycles. The zero-order valence-electron chi connectivity index (χ0n) is 14.2. The Kier molecular flexibility index (Phi) is 4.49. The van der Waals surface area contributed by atoms with E-state index in [2.05, 4.69) is 20.3 Å². The number of imidazole rings is 2. The topological polar surface area (TPSA) is 75.1 Å². The summed E-state index contributed by atoms with van der Waals surface area (Å²) in [5.41, 5.74) is 2.71. The first-order valence-corrected chi connectivity index (χ1v) is 8.94. The number of fused-ring (bicyclic) bond motifs is 2. The van der Waals surface area contributed by atoms with Crippen LogP contribution in [0.5, 0.6) is 0 Å². The maximum Gasteiger partial charge on any atom is 0.270 e. The number of aromatic nitrogens is 4. The molecule has 0 unspecified atom stereocenters. The number of aryl methyl sites for hydroxylation is 1. The molecule has 1 amide bonds. The Labute approximate surface area is 163 Å².